The van der Waals surface area contributed by atoms with Gasteiger partial charge in [-0.05, 0) is 43.9 Å². The summed E-state index contributed by atoms with van der Waals surface area (Å²) in [7, 11) is 0. The fourth-order valence-electron chi connectivity index (χ4n) is 2.25. The summed E-state index contributed by atoms with van der Waals surface area (Å²) in [5.41, 5.74) is 7.91. The highest BCUT2D eigenvalue weighted by Gasteiger charge is 2.26. The van der Waals surface area contributed by atoms with Crippen LogP contribution in [-0.4, -0.2) is 23.9 Å². The summed E-state index contributed by atoms with van der Waals surface area (Å²) in [4.78, 5) is 0. The maximum Gasteiger partial charge on any atom is 0.123 e. The number of benzene rings is 1. The third-order valence-electron chi connectivity index (χ3n) is 3.44. The van der Waals surface area contributed by atoms with Crippen LogP contribution in [0.5, 0.6) is 5.75 Å². The molecule has 1 aliphatic heterocycles. The second kappa shape index (κ2) is 4.67. The van der Waals surface area contributed by atoms with Gasteiger partial charge in [-0.2, -0.15) is 0 Å². The van der Waals surface area contributed by atoms with Crippen molar-refractivity contribution in [1.29, 1.82) is 0 Å². The highest BCUT2D eigenvalue weighted by molar-refractivity contribution is 5.40. The van der Waals surface area contributed by atoms with E-state index in [-0.39, 0.29) is 18.1 Å². The first-order chi connectivity index (χ1) is 8.05. The van der Waals surface area contributed by atoms with Crippen molar-refractivity contribution in [3.8, 4) is 5.75 Å². The van der Waals surface area contributed by atoms with E-state index in [1.54, 1.807) is 0 Å². The normalized spacial score (nSPS) is 19.3. The molecule has 0 aromatic heterocycles. The smallest absolute Gasteiger partial charge is 0.123 e. The molecule has 0 saturated carbocycles. The number of nitrogens with two attached hydrogens (primary N) is 1. The first kappa shape index (κ1) is 12.4. The Kier molecular flexibility index (Phi) is 3.40. The summed E-state index contributed by atoms with van der Waals surface area (Å²) in [6.45, 7) is 4.80. The van der Waals surface area contributed by atoms with E-state index in [4.69, 9.17) is 10.5 Å². The molecule has 1 aliphatic rings. The molecule has 1 aromatic rings. The highest BCUT2D eigenvalue weighted by Crippen LogP contribution is 2.34. The predicted molar refractivity (Wildman–Crippen MR) is 68.4 cm³/mol. The molecular formula is C14H21NO2. The lowest BCUT2D eigenvalue weighted by atomic mass is 9.91. The Morgan fingerprint density at radius 2 is 2.24 bits per heavy atom. The fraction of sp³-hybridized carbons (Fsp3) is 0.571. The van der Waals surface area contributed by atoms with Gasteiger partial charge in [0.05, 0.1) is 6.61 Å². The lowest BCUT2D eigenvalue weighted by Crippen LogP contribution is -2.32. The molecule has 1 atom stereocenters. The van der Waals surface area contributed by atoms with Gasteiger partial charge in [-0.25, -0.2) is 0 Å². The van der Waals surface area contributed by atoms with E-state index in [1.807, 2.05) is 12.1 Å². The van der Waals surface area contributed by atoms with E-state index < -0.39 is 0 Å². The second-order valence-electron chi connectivity index (χ2n) is 5.34. The molecule has 3 heteroatoms. The van der Waals surface area contributed by atoms with Crippen molar-refractivity contribution in [2.75, 3.05) is 13.2 Å². The lowest BCUT2D eigenvalue weighted by Gasteiger charge is -2.33. The molecule has 1 heterocycles. The SMILES string of the molecule is CC1(C)CCc2cc(C(CN)CO)ccc2O1. The Bertz CT molecular complexity index is 397. The first-order valence-corrected chi connectivity index (χ1v) is 6.18. The Morgan fingerprint density at radius 1 is 1.47 bits per heavy atom. The molecule has 3 nitrogen and oxygen atoms in total. The van der Waals surface area contributed by atoms with E-state index in [9.17, 15) is 5.11 Å². The van der Waals surface area contributed by atoms with Gasteiger partial charge < -0.3 is 15.6 Å². The van der Waals surface area contributed by atoms with E-state index >= 15 is 0 Å². The summed E-state index contributed by atoms with van der Waals surface area (Å²) in [5.74, 6) is 1.01. The van der Waals surface area contributed by atoms with Crippen LogP contribution in [0.3, 0.4) is 0 Å². The van der Waals surface area contributed by atoms with Gasteiger partial charge in [0.2, 0.25) is 0 Å². The fourth-order valence-corrected chi connectivity index (χ4v) is 2.25. The second-order valence-corrected chi connectivity index (χ2v) is 5.34. The molecule has 0 fully saturated rings. The van der Waals surface area contributed by atoms with Gasteiger partial charge in [-0.15, -0.1) is 0 Å². The minimum atomic E-state index is -0.0707. The van der Waals surface area contributed by atoms with Crippen molar-refractivity contribution in [1.82, 2.24) is 0 Å². The van der Waals surface area contributed by atoms with E-state index in [0.29, 0.717) is 6.54 Å². The number of hydrogen-bond donors (Lipinski definition) is 2. The van der Waals surface area contributed by atoms with Gasteiger partial charge in [0, 0.05) is 12.5 Å². The van der Waals surface area contributed by atoms with Crippen LogP contribution >= 0.6 is 0 Å². The summed E-state index contributed by atoms with van der Waals surface area (Å²) in [5, 5.41) is 9.26. The minimum Gasteiger partial charge on any atom is -0.488 e. The molecule has 94 valence electrons. The van der Waals surface area contributed by atoms with Crippen molar-refractivity contribution in [3.63, 3.8) is 0 Å². The number of aryl methyl sites for hydroxylation is 1. The molecule has 1 aromatic carbocycles. The van der Waals surface area contributed by atoms with Gasteiger partial charge in [0.15, 0.2) is 0 Å². The van der Waals surface area contributed by atoms with Gasteiger partial charge in [-0.3, -0.25) is 0 Å². The third kappa shape index (κ3) is 2.61. The molecule has 2 rings (SSSR count). The summed E-state index contributed by atoms with van der Waals surface area (Å²) in [6, 6.07) is 6.14. The number of rotatable bonds is 3. The number of aliphatic hydroxyl groups is 1. The van der Waals surface area contributed by atoms with E-state index in [2.05, 4.69) is 19.9 Å². The largest absolute Gasteiger partial charge is 0.488 e. The molecule has 3 N–H and O–H groups in total. The number of ether oxygens (including phenoxy) is 1. The first-order valence-electron chi connectivity index (χ1n) is 6.18. The van der Waals surface area contributed by atoms with Crippen molar-refractivity contribution in [2.24, 2.45) is 5.73 Å². The molecule has 0 bridgehead atoms. The molecule has 17 heavy (non-hydrogen) atoms. The van der Waals surface area contributed by atoms with Crippen LogP contribution in [0.4, 0.5) is 0 Å². The Hall–Kier alpha value is -1.06. The molecule has 0 spiro atoms. The number of fused-ring (bicyclic) bond motifs is 1. The average Bonchev–Trinajstić information content (AvgIpc) is 2.30. The lowest BCUT2D eigenvalue weighted by molar-refractivity contribution is 0.0846. The molecule has 1 unspecified atom stereocenters. The van der Waals surface area contributed by atoms with Crippen LogP contribution in [0, 0.1) is 0 Å². The monoisotopic (exact) mass is 235 g/mol. The van der Waals surface area contributed by atoms with Crippen molar-refractivity contribution in [2.45, 2.75) is 38.2 Å². The Labute approximate surface area is 103 Å². The van der Waals surface area contributed by atoms with Crippen LogP contribution in [-0.2, 0) is 6.42 Å². The zero-order chi connectivity index (χ0) is 12.5. The zero-order valence-electron chi connectivity index (χ0n) is 10.6. The quantitative estimate of drug-likeness (QED) is 0.840. The summed E-state index contributed by atoms with van der Waals surface area (Å²) in [6.07, 6.45) is 2.05. The maximum absolute atomic E-state index is 9.26. The van der Waals surface area contributed by atoms with Gasteiger partial charge in [0.1, 0.15) is 11.4 Å². The predicted octanol–water partition coefficient (Wildman–Crippen LogP) is 1.82. The van der Waals surface area contributed by atoms with Crippen LogP contribution in [0.25, 0.3) is 0 Å². The van der Waals surface area contributed by atoms with Crippen LogP contribution in [0.15, 0.2) is 18.2 Å². The number of hydrogen-bond acceptors (Lipinski definition) is 3. The molecule has 0 aliphatic carbocycles. The molecule has 0 amide bonds. The van der Waals surface area contributed by atoms with Crippen molar-refractivity contribution < 1.29 is 9.84 Å². The van der Waals surface area contributed by atoms with Crippen LogP contribution in [0.2, 0.25) is 0 Å². The van der Waals surface area contributed by atoms with Crippen LogP contribution in [0.1, 0.15) is 37.3 Å². The third-order valence-corrected chi connectivity index (χ3v) is 3.44. The molecular weight excluding hydrogens is 214 g/mol. The maximum atomic E-state index is 9.26. The standard InChI is InChI=1S/C14H21NO2/c1-14(2)6-5-11-7-10(12(8-15)9-16)3-4-13(11)17-14/h3-4,7,12,16H,5-6,8-9,15H2,1-2H3. The topological polar surface area (TPSA) is 55.5 Å². The average molecular weight is 235 g/mol. The Balaban J connectivity index is 2.27. The van der Waals surface area contributed by atoms with E-state index in [1.165, 1.54) is 5.56 Å². The van der Waals surface area contributed by atoms with Crippen molar-refractivity contribution >= 4 is 0 Å². The number of aliphatic hydroxyl groups excluding tert-OH is 1. The van der Waals surface area contributed by atoms with E-state index in [0.717, 1.165) is 24.2 Å². The van der Waals surface area contributed by atoms with Gasteiger partial charge in [-0.1, -0.05) is 12.1 Å². The van der Waals surface area contributed by atoms with Gasteiger partial charge >= 0.3 is 0 Å². The minimum absolute atomic E-state index is 0.0373. The Morgan fingerprint density at radius 3 is 2.88 bits per heavy atom. The van der Waals surface area contributed by atoms with Gasteiger partial charge in [0.25, 0.3) is 0 Å². The zero-order valence-corrected chi connectivity index (χ0v) is 10.6. The highest BCUT2D eigenvalue weighted by atomic mass is 16.5. The van der Waals surface area contributed by atoms with Crippen molar-refractivity contribution in [3.05, 3.63) is 29.3 Å². The summed E-state index contributed by atoms with van der Waals surface area (Å²) >= 11 is 0. The molecule has 0 saturated heterocycles. The van der Waals surface area contributed by atoms with Crippen LogP contribution < -0.4 is 10.5 Å². The molecule has 0 radical (unpaired) electrons. The summed E-state index contributed by atoms with van der Waals surface area (Å²) < 4.78 is 5.93.